The van der Waals surface area contributed by atoms with Crippen molar-refractivity contribution in [3.05, 3.63) is 208 Å². The Hall–Kier alpha value is -3.00. The topological polar surface area (TPSA) is 38.9 Å². The molecule has 0 aromatic heterocycles. The van der Waals surface area contributed by atoms with Gasteiger partial charge in [0.05, 0.1) is 0 Å². The molecule has 4 radical (unpaired) electrons. The van der Waals surface area contributed by atoms with E-state index in [1.54, 1.807) is 0 Å². The second-order valence-electron chi connectivity index (χ2n) is 22.5. The fourth-order valence-electron chi connectivity index (χ4n) is 10.9. The zero-order valence-corrected chi connectivity index (χ0v) is 61.6. The minimum atomic E-state index is 0. The predicted molar refractivity (Wildman–Crippen MR) is 349 cm³/mol. The van der Waals surface area contributed by atoms with Gasteiger partial charge in [0.1, 0.15) is 0 Å². The Labute approximate surface area is 560 Å². The maximum Gasteiger partial charge on any atom is 0.300 e. The molecule has 4 saturated heterocycles. The normalized spacial score (nSPS) is 16.8. The van der Waals surface area contributed by atoms with E-state index in [0.29, 0.717) is 41.9 Å². The molecule has 4 fully saturated rings. The molecule has 83 heavy (non-hydrogen) atoms. The van der Waals surface area contributed by atoms with Crippen LogP contribution in [0.4, 0.5) is 34.1 Å². The van der Waals surface area contributed by atoms with Crippen LogP contribution in [0.1, 0.15) is 31.9 Å². The van der Waals surface area contributed by atoms with E-state index in [-0.39, 0.29) is 99.9 Å². The van der Waals surface area contributed by atoms with Crippen molar-refractivity contribution >= 4 is 90.0 Å². The zero-order valence-electron chi connectivity index (χ0n) is 52.0. The average molecular weight is 1810 g/mol. The molecule has 0 bridgehead atoms. The molecule has 0 saturated carbocycles. The van der Waals surface area contributed by atoms with Crippen LogP contribution >= 0.6 is 0 Å². The molecule has 0 atom stereocenters. The monoisotopic (exact) mass is 1820 g/mol. The van der Waals surface area contributed by atoms with E-state index < -0.39 is 0 Å². The van der Waals surface area contributed by atoms with Gasteiger partial charge in [-0.15, -0.1) is 28.3 Å². The summed E-state index contributed by atoms with van der Waals surface area (Å²) in [5, 5.41) is 0. The molecule has 0 aliphatic carbocycles. The summed E-state index contributed by atoms with van der Waals surface area (Å²) in [5.41, 5.74) is 9.44. The molecule has 0 amide bonds. The second kappa shape index (κ2) is 33.9. The van der Waals surface area contributed by atoms with Gasteiger partial charge in [-0.25, -0.2) is 13.3 Å². The van der Waals surface area contributed by atoms with Crippen LogP contribution in [0.2, 0.25) is 54.6 Å². The van der Waals surface area contributed by atoms with Gasteiger partial charge in [0.15, 0.2) is 0 Å². The Kier molecular flexibility index (Phi) is 30.4. The molecule has 446 valence electrons. The van der Waals surface area contributed by atoms with Crippen molar-refractivity contribution in [2.24, 2.45) is 0 Å². The van der Waals surface area contributed by atoms with E-state index in [1.807, 2.05) is 48.5 Å². The first-order chi connectivity index (χ1) is 37.6. The molecule has 4 aliphatic heterocycles. The summed E-state index contributed by atoms with van der Waals surface area (Å²) in [5.74, 6) is 0. The Morgan fingerprint density at radius 3 is 1.08 bits per heavy atom. The summed E-state index contributed by atoms with van der Waals surface area (Å²) < 4.78 is 9.59. The van der Waals surface area contributed by atoms with Crippen LogP contribution in [0.5, 0.6) is 0 Å². The largest absolute Gasteiger partial charge is 0.562 e. The molecule has 4 heterocycles. The third-order valence-corrected chi connectivity index (χ3v) is 16.4. The number of hydrogen-bond donors (Lipinski definition) is 0. The van der Waals surface area contributed by atoms with Gasteiger partial charge >= 0.3 is 6.98 Å². The Morgan fingerprint density at radius 2 is 0.699 bits per heavy atom. The van der Waals surface area contributed by atoms with Crippen LogP contribution in [0.15, 0.2) is 146 Å². The fourth-order valence-corrected chi connectivity index (χ4v) is 10.9. The maximum atomic E-state index is 3.40. The molecule has 24 heteroatoms. The summed E-state index contributed by atoms with van der Waals surface area (Å²) in [4.78, 5) is 18.2. The smallest absolute Gasteiger partial charge is 0.300 e. The zero-order chi connectivity index (χ0) is 57.3. The Balaban J connectivity index is 0.000000289. The minimum absolute atomic E-state index is 0. The van der Waals surface area contributed by atoms with Crippen LogP contribution in [0, 0.1) is 64.8 Å². The van der Waals surface area contributed by atoms with Gasteiger partial charge in [-0.05, 0) is 97.2 Å². The van der Waals surface area contributed by atoms with E-state index in [1.165, 1.54) is 28.2 Å². The predicted octanol–water partition coefficient (Wildman–Crippen LogP) is 11.0. The minimum Gasteiger partial charge on any atom is -0.562 e. The molecule has 0 N–H and O–H groups in total. The quantitative estimate of drug-likeness (QED) is 0.118. The van der Waals surface area contributed by atoms with Crippen molar-refractivity contribution in [1.82, 2.24) is 28.5 Å². The van der Waals surface area contributed by atoms with Gasteiger partial charge in [0, 0.05) is 80.4 Å². The van der Waals surface area contributed by atoms with E-state index in [4.69, 9.17) is 0 Å². The number of aryl methyl sites for hydroxylation is 2. The molecule has 6 aromatic rings. The van der Waals surface area contributed by atoms with Crippen molar-refractivity contribution in [3.8, 4) is 0 Å². The summed E-state index contributed by atoms with van der Waals surface area (Å²) >= 11 is 0. The number of benzene rings is 6. The first kappa shape index (κ1) is 74.3. The molecule has 10 rings (SSSR count). The number of nitrogens with zero attached hydrogens (tertiary/aromatic N) is 12. The first-order valence-electron chi connectivity index (χ1n) is 28.1. The maximum absolute atomic E-state index is 3.40. The summed E-state index contributed by atoms with van der Waals surface area (Å²) in [6.07, 6.45) is 0. The van der Waals surface area contributed by atoms with Gasteiger partial charge in [0.2, 0.25) is 0 Å². The molecule has 6 aromatic carbocycles. The van der Waals surface area contributed by atoms with Gasteiger partial charge in [0.25, 0.3) is 48.9 Å². The van der Waals surface area contributed by atoms with Crippen molar-refractivity contribution in [1.29, 1.82) is 0 Å². The number of anilines is 6. The van der Waals surface area contributed by atoms with Crippen molar-refractivity contribution < 1.29 is 80.4 Å². The van der Waals surface area contributed by atoms with Crippen LogP contribution in [0.25, 0.3) is 0 Å². The SMILES string of the molecule is CB1N(C)B(C)N(c2ccccc2)[CH-]N1c1[c-]cccc1.CB1N(C)[CH-]N(c2[c-]cc(C)cc2C)B(C)N1C.CB1N(C)[CH-]N(c2[c-]cccc2)B(C)N1C.CB1N(c2[c-]cccc2)[CH-]N(c2ccccc2)B(C)N1C(C)(C)C.[Ir].[Ir].[Ir].[Ir]. The van der Waals surface area contributed by atoms with Crippen molar-refractivity contribution in [3.63, 3.8) is 0 Å². The van der Waals surface area contributed by atoms with Crippen molar-refractivity contribution in [2.75, 3.05) is 64.1 Å². The third kappa shape index (κ3) is 18.3. The van der Waals surface area contributed by atoms with Gasteiger partial charge < -0.3 is 57.4 Å². The van der Waals surface area contributed by atoms with Crippen molar-refractivity contribution in [2.45, 2.75) is 94.7 Å². The number of hydrogen-bond acceptors (Lipinski definition) is 12. The van der Waals surface area contributed by atoms with E-state index >= 15 is 0 Å². The number of rotatable bonds is 6. The Bertz CT molecular complexity index is 2680. The van der Waals surface area contributed by atoms with Crippen LogP contribution in [-0.4, -0.2) is 125 Å². The molecule has 12 nitrogen and oxygen atoms in total. The van der Waals surface area contributed by atoms with Crippen LogP contribution in [0.3, 0.4) is 0 Å². The molecule has 0 unspecified atom stereocenters. The van der Waals surface area contributed by atoms with E-state index in [9.17, 15) is 0 Å². The first-order valence-corrected chi connectivity index (χ1v) is 28.1. The van der Waals surface area contributed by atoms with Crippen LogP contribution in [-0.2, 0) is 80.4 Å². The van der Waals surface area contributed by atoms with Gasteiger partial charge in [-0.3, -0.25) is 0 Å². The molecule has 4 aliphatic rings. The van der Waals surface area contributed by atoms with Crippen LogP contribution < -0.4 is 28.9 Å². The standard InChI is InChI=1S/C19H25B2N3.C16H19B2N3.C13H21B2N3.C11H17B2N3.4Ir/c1-19(2,3)24-20(4)22(17-12-8-6-9-13-17)16-23(21(24)5)18-14-10-7-11-15-18;1-17-19(3)18(2)21(16-12-8-5-9-13-16)14-20(17)15-10-6-4-7-11-15;1-11-7-8-13(12(2)9-11)18-10-16(5)14(3)17(6)15(18)4;1-12-14(3)10-16(13(2)15(12)4)11-8-6-5-7-9-11;;;;/h6-14,16H,1-5H3;4-12,14H,1-3H3;7,9-10H,1-6H3;5-8,10H,1-4H3;;;;/q4*-2;;;;. The summed E-state index contributed by atoms with van der Waals surface area (Å²) in [6.45, 7) is 40.3. The second-order valence-corrected chi connectivity index (χ2v) is 22.5. The number of para-hydroxylation sites is 5. The molecule has 0 spiro atoms. The summed E-state index contributed by atoms with van der Waals surface area (Å²) in [6, 6.07) is 63.0. The van der Waals surface area contributed by atoms with Gasteiger partial charge in [-0.2, -0.15) is 128 Å². The average Bonchev–Trinajstić information content (AvgIpc) is 3.46. The van der Waals surface area contributed by atoms with Gasteiger partial charge in [-0.1, -0.05) is 105 Å². The fraction of sp³-hybridized carbons (Fsp3) is 0.322. The van der Waals surface area contributed by atoms with E-state index in [2.05, 4.69) is 330 Å². The molecular formula is C59H82B8Ir4N12-8. The summed E-state index contributed by atoms with van der Waals surface area (Å²) in [7, 11) is 10.7. The molecular weight excluding hydrogens is 1730 g/mol. The third-order valence-electron chi connectivity index (χ3n) is 16.4. The Morgan fingerprint density at radius 1 is 0.373 bits per heavy atom. The van der Waals surface area contributed by atoms with E-state index in [0.717, 1.165) is 17.1 Å².